The van der Waals surface area contributed by atoms with E-state index < -0.39 is 0 Å². The summed E-state index contributed by atoms with van der Waals surface area (Å²) >= 11 is 0. The molecule has 28 heavy (non-hydrogen) atoms. The number of nitrogens with zero attached hydrogens (tertiary/aromatic N) is 6. The van der Waals surface area contributed by atoms with E-state index in [9.17, 15) is 4.79 Å². The Bertz CT molecular complexity index is 812. The molecule has 0 bridgehead atoms. The Labute approximate surface area is 165 Å². The number of carbonyl (C=O) groups excluding carboxylic acids is 1. The van der Waals surface area contributed by atoms with Crippen LogP contribution in [0.1, 0.15) is 36.8 Å². The van der Waals surface area contributed by atoms with Gasteiger partial charge in [0.15, 0.2) is 0 Å². The van der Waals surface area contributed by atoms with Crippen molar-refractivity contribution in [2.45, 2.75) is 46.1 Å². The first-order valence-corrected chi connectivity index (χ1v) is 10.1. The van der Waals surface area contributed by atoms with Gasteiger partial charge in [0.05, 0.1) is 18.1 Å². The molecule has 0 radical (unpaired) electrons. The zero-order chi connectivity index (χ0) is 19.7. The highest BCUT2D eigenvalue weighted by molar-refractivity contribution is 6.03. The topological polar surface area (TPSA) is 77.5 Å². The van der Waals surface area contributed by atoms with Crippen molar-refractivity contribution in [3.05, 3.63) is 28.9 Å². The van der Waals surface area contributed by atoms with Gasteiger partial charge in [-0.3, -0.25) is 9.79 Å². The maximum atomic E-state index is 12.6. The minimum Gasteiger partial charge on any atom is -0.361 e. The number of hydrogen-bond donors (Lipinski definition) is 0. The Balaban J connectivity index is 1.30. The smallest absolute Gasteiger partial charge is 0.223 e. The number of piperazine rings is 1. The number of fused-ring (bicyclic) bond motifs is 1. The summed E-state index contributed by atoms with van der Waals surface area (Å²) in [7, 11) is 0. The summed E-state index contributed by atoms with van der Waals surface area (Å²) in [5, 5.41) is 3.96. The van der Waals surface area contributed by atoms with E-state index in [-0.39, 0.29) is 5.91 Å². The van der Waals surface area contributed by atoms with Crippen molar-refractivity contribution in [3.8, 4) is 0 Å². The standard InChI is InChI=1S/C20H28N6O2/c1-4-16-12-26-13-21-18(11-19(26)22-16)24-7-9-25(10-8-24)20(27)6-5-17-14(2)23-28-15(17)3/h11,13,16H,4-10,12H2,1-3H3/t16-/m0/s1. The SMILES string of the molecule is CC[C@H]1CN2C=NC(N3CCN(C(=O)CCc4c(C)noc4C)CC3)=CC2=N1. The number of carbonyl (C=O) groups is 1. The van der Waals surface area contributed by atoms with Crippen LogP contribution in [-0.2, 0) is 11.2 Å². The summed E-state index contributed by atoms with van der Waals surface area (Å²) in [6.45, 7) is 9.95. The predicted octanol–water partition coefficient (Wildman–Crippen LogP) is 1.74. The normalized spacial score (nSPS) is 21.7. The molecule has 0 spiro atoms. The van der Waals surface area contributed by atoms with Crippen molar-refractivity contribution in [1.82, 2.24) is 19.9 Å². The third kappa shape index (κ3) is 3.68. The van der Waals surface area contributed by atoms with Crippen LogP contribution in [0, 0.1) is 13.8 Å². The van der Waals surface area contributed by atoms with E-state index >= 15 is 0 Å². The van der Waals surface area contributed by atoms with Gasteiger partial charge in [-0.2, -0.15) is 0 Å². The van der Waals surface area contributed by atoms with Gasteiger partial charge >= 0.3 is 0 Å². The summed E-state index contributed by atoms with van der Waals surface area (Å²) in [5.41, 5.74) is 1.94. The summed E-state index contributed by atoms with van der Waals surface area (Å²) in [6.07, 6.45) is 6.19. The van der Waals surface area contributed by atoms with E-state index in [1.54, 1.807) is 0 Å². The second-order valence-corrected chi connectivity index (χ2v) is 7.62. The molecular formula is C20H28N6O2. The zero-order valence-electron chi connectivity index (χ0n) is 16.9. The third-order valence-corrected chi connectivity index (χ3v) is 5.80. The lowest BCUT2D eigenvalue weighted by molar-refractivity contribution is -0.132. The molecular weight excluding hydrogens is 356 g/mol. The monoisotopic (exact) mass is 384 g/mol. The molecule has 1 fully saturated rings. The van der Waals surface area contributed by atoms with Gasteiger partial charge in [0.25, 0.3) is 0 Å². The van der Waals surface area contributed by atoms with Crippen LogP contribution in [0.2, 0.25) is 0 Å². The molecule has 4 rings (SSSR count). The first-order chi connectivity index (χ1) is 13.5. The second kappa shape index (κ2) is 7.77. The van der Waals surface area contributed by atoms with Crippen LogP contribution in [-0.4, -0.2) is 76.7 Å². The number of amides is 1. The quantitative estimate of drug-likeness (QED) is 0.773. The van der Waals surface area contributed by atoms with Crippen LogP contribution >= 0.6 is 0 Å². The number of aryl methyl sites for hydroxylation is 2. The fourth-order valence-electron chi connectivity index (χ4n) is 3.96. The predicted molar refractivity (Wildman–Crippen MR) is 107 cm³/mol. The van der Waals surface area contributed by atoms with Gasteiger partial charge < -0.3 is 19.2 Å². The van der Waals surface area contributed by atoms with Crippen molar-refractivity contribution in [3.63, 3.8) is 0 Å². The first kappa shape index (κ1) is 18.7. The highest BCUT2D eigenvalue weighted by Crippen LogP contribution is 2.20. The number of aliphatic imine (C=N–C) groups is 2. The molecule has 4 heterocycles. The van der Waals surface area contributed by atoms with Crippen molar-refractivity contribution in [2.75, 3.05) is 32.7 Å². The largest absolute Gasteiger partial charge is 0.361 e. The second-order valence-electron chi connectivity index (χ2n) is 7.62. The van der Waals surface area contributed by atoms with Crippen molar-refractivity contribution in [1.29, 1.82) is 0 Å². The summed E-state index contributed by atoms with van der Waals surface area (Å²) < 4.78 is 5.18. The minimum absolute atomic E-state index is 0.193. The molecule has 0 aromatic carbocycles. The molecule has 3 aliphatic rings. The summed E-state index contributed by atoms with van der Waals surface area (Å²) in [6, 6.07) is 0.365. The molecule has 1 atom stereocenters. The molecule has 0 aliphatic carbocycles. The molecule has 0 saturated carbocycles. The molecule has 1 saturated heterocycles. The molecule has 0 N–H and O–H groups in total. The Hall–Kier alpha value is -2.64. The van der Waals surface area contributed by atoms with E-state index in [0.717, 1.165) is 67.8 Å². The molecule has 1 amide bonds. The zero-order valence-corrected chi connectivity index (χ0v) is 16.9. The Morgan fingerprint density at radius 1 is 1.25 bits per heavy atom. The molecule has 150 valence electrons. The van der Waals surface area contributed by atoms with Crippen LogP contribution in [0.5, 0.6) is 0 Å². The fraction of sp³-hybridized carbons (Fsp3) is 0.600. The van der Waals surface area contributed by atoms with E-state index in [1.165, 1.54) is 0 Å². The van der Waals surface area contributed by atoms with Crippen LogP contribution in [0.25, 0.3) is 0 Å². The van der Waals surface area contributed by atoms with Gasteiger partial charge in [0, 0.05) is 50.8 Å². The van der Waals surface area contributed by atoms with Crippen LogP contribution in [0.3, 0.4) is 0 Å². The van der Waals surface area contributed by atoms with Crippen molar-refractivity contribution in [2.24, 2.45) is 9.98 Å². The van der Waals surface area contributed by atoms with E-state index in [4.69, 9.17) is 9.52 Å². The van der Waals surface area contributed by atoms with Gasteiger partial charge in [0.1, 0.15) is 17.4 Å². The first-order valence-electron chi connectivity index (χ1n) is 10.1. The highest BCUT2D eigenvalue weighted by Gasteiger charge is 2.28. The molecule has 1 aromatic rings. The molecule has 8 nitrogen and oxygen atoms in total. The molecule has 0 unspecified atom stereocenters. The third-order valence-electron chi connectivity index (χ3n) is 5.80. The fourth-order valence-corrected chi connectivity index (χ4v) is 3.96. The average molecular weight is 384 g/mol. The Morgan fingerprint density at radius 2 is 2.04 bits per heavy atom. The van der Waals surface area contributed by atoms with Crippen LogP contribution in [0.4, 0.5) is 0 Å². The number of aromatic nitrogens is 1. The molecule has 3 aliphatic heterocycles. The molecule has 1 aromatic heterocycles. The van der Waals surface area contributed by atoms with Gasteiger partial charge in [-0.25, -0.2) is 4.99 Å². The average Bonchev–Trinajstić information content (AvgIpc) is 3.28. The van der Waals surface area contributed by atoms with E-state index in [1.807, 2.05) is 25.1 Å². The van der Waals surface area contributed by atoms with Gasteiger partial charge in [-0.05, 0) is 26.7 Å². The Kier molecular flexibility index (Phi) is 5.19. The van der Waals surface area contributed by atoms with Gasteiger partial charge in [-0.15, -0.1) is 0 Å². The Morgan fingerprint density at radius 3 is 2.71 bits per heavy atom. The lowest BCUT2D eigenvalue weighted by Gasteiger charge is -2.37. The maximum absolute atomic E-state index is 12.6. The lowest BCUT2D eigenvalue weighted by atomic mass is 10.1. The highest BCUT2D eigenvalue weighted by atomic mass is 16.5. The van der Waals surface area contributed by atoms with Crippen molar-refractivity contribution < 1.29 is 9.32 Å². The number of hydrogen-bond acceptors (Lipinski definition) is 7. The van der Waals surface area contributed by atoms with Crippen molar-refractivity contribution >= 4 is 18.1 Å². The summed E-state index contributed by atoms with van der Waals surface area (Å²) in [4.78, 5) is 28.3. The van der Waals surface area contributed by atoms with E-state index in [2.05, 4.69) is 32.9 Å². The van der Waals surface area contributed by atoms with Crippen LogP contribution < -0.4 is 0 Å². The minimum atomic E-state index is 0.193. The molecule has 8 heteroatoms. The maximum Gasteiger partial charge on any atom is 0.223 e. The lowest BCUT2D eigenvalue weighted by Crippen LogP contribution is -2.48. The van der Waals surface area contributed by atoms with E-state index in [0.29, 0.717) is 18.9 Å². The number of amidine groups is 1. The van der Waals surface area contributed by atoms with Gasteiger partial charge in [-0.1, -0.05) is 12.1 Å². The van der Waals surface area contributed by atoms with Gasteiger partial charge in [0.2, 0.25) is 5.91 Å². The summed E-state index contributed by atoms with van der Waals surface area (Å²) in [5.74, 6) is 2.97. The number of rotatable bonds is 5. The van der Waals surface area contributed by atoms with Crippen LogP contribution in [0.15, 0.2) is 26.4 Å².